The molecule has 0 bridgehead atoms. The Bertz CT molecular complexity index is 983. The van der Waals surface area contributed by atoms with Crippen LogP contribution in [0.5, 0.6) is 11.5 Å². The molecule has 0 spiro atoms. The van der Waals surface area contributed by atoms with E-state index in [2.05, 4.69) is 5.32 Å². The molecular weight excluding hydrogens is 380 g/mol. The van der Waals surface area contributed by atoms with Crippen LogP contribution in [0.2, 0.25) is 0 Å². The minimum atomic E-state index is -1.06. The van der Waals surface area contributed by atoms with Gasteiger partial charge in [0.2, 0.25) is 6.79 Å². The molecule has 1 aliphatic rings. The number of benzene rings is 2. The summed E-state index contributed by atoms with van der Waals surface area (Å²) < 4.78 is 15.4. The predicted octanol–water partition coefficient (Wildman–Crippen LogP) is 3.22. The lowest BCUT2D eigenvalue weighted by Gasteiger charge is -2.12. The molecule has 9 nitrogen and oxygen atoms in total. The Balaban J connectivity index is 1.64. The van der Waals surface area contributed by atoms with Crippen LogP contribution in [-0.2, 0) is 14.3 Å². The maximum atomic E-state index is 12.1. The number of nitro benzene ring substituents is 1. The van der Waals surface area contributed by atoms with Gasteiger partial charge in [-0.05, 0) is 38.1 Å². The number of nitrogens with one attached hydrogen (secondary N) is 1. The van der Waals surface area contributed by atoms with Crippen molar-refractivity contribution in [1.82, 2.24) is 0 Å². The monoisotopic (exact) mass is 398 g/mol. The first-order valence-corrected chi connectivity index (χ1v) is 8.68. The lowest BCUT2D eigenvalue weighted by Crippen LogP contribution is -2.29. The van der Waals surface area contributed by atoms with Crippen molar-refractivity contribution in [2.24, 2.45) is 0 Å². The fourth-order valence-electron chi connectivity index (χ4n) is 2.54. The van der Waals surface area contributed by atoms with E-state index in [-0.39, 0.29) is 23.8 Å². The molecule has 3 rings (SSSR count). The van der Waals surface area contributed by atoms with E-state index in [0.717, 1.165) is 11.6 Å². The number of nitro groups is 1. The lowest BCUT2D eigenvalue weighted by molar-refractivity contribution is -0.385. The quantitative estimate of drug-likeness (QED) is 0.344. The van der Waals surface area contributed by atoms with Gasteiger partial charge in [0.1, 0.15) is 0 Å². The molecule has 0 radical (unpaired) electrons. The van der Waals surface area contributed by atoms with Gasteiger partial charge in [-0.2, -0.15) is 0 Å². The van der Waals surface area contributed by atoms with E-state index < -0.39 is 22.9 Å². The van der Waals surface area contributed by atoms with Crippen LogP contribution in [0, 0.1) is 17.0 Å². The first-order chi connectivity index (χ1) is 13.8. The second-order valence-corrected chi connectivity index (χ2v) is 6.29. The van der Waals surface area contributed by atoms with Gasteiger partial charge in [-0.15, -0.1) is 0 Å². The molecular formula is C20H18N2O7. The van der Waals surface area contributed by atoms with E-state index in [1.165, 1.54) is 25.1 Å². The van der Waals surface area contributed by atoms with Gasteiger partial charge in [0, 0.05) is 11.8 Å². The number of esters is 1. The van der Waals surface area contributed by atoms with Crippen LogP contribution in [-0.4, -0.2) is 29.7 Å². The molecule has 0 saturated carbocycles. The van der Waals surface area contributed by atoms with Crippen molar-refractivity contribution in [3.8, 4) is 11.5 Å². The average molecular weight is 398 g/mol. The van der Waals surface area contributed by atoms with Gasteiger partial charge < -0.3 is 19.5 Å². The van der Waals surface area contributed by atoms with Gasteiger partial charge in [0.05, 0.1) is 16.6 Å². The molecule has 1 heterocycles. The van der Waals surface area contributed by atoms with E-state index in [0.29, 0.717) is 11.4 Å². The molecule has 9 heteroatoms. The maximum absolute atomic E-state index is 12.1. The molecule has 0 saturated heterocycles. The number of amides is 1. The molecule has 150 valence electrons. The van der Waals surface area contributed by atoms with Gasteiger partial charge in [-0.25, -0.2) is 4.79 Å². The zero-order chi connectivity index (χ0) is 21.0. The molecule has 0 aromatic heterocycles. The number of carbonyl (C=O) groups is 2. The summed E-state index contributed by atoms with van der Waals surface area (Å²) in [4.78, 5) is 34.8. The van der Waals surface area contributed by atoms with Crippen molar-refractivity contribution in [1.29, 1.82) is 0 Å². The summed E-state index contributed by atoms with van der Waals surface area (Å²) in [5.41, 5.74) is 1.52. The Kier molecular flexibility index (Phi) is 5.77. The Morgan fingerprint density at radius 2 is 1.86 bits per heavy atom. The zero-order valence-electron chi connectivity index (χ0n) is 15.7. The highest BCUT2D eigenvalue weighted by molar-refractivity contribution is 5.96. The van der Waals surface area contributed by atoms with Gasteiger partial charge in [0.25, 0.3) is 11.6 Å². The second kappa shape index (κ2) is 8.42. The summed E-state index contributed by atoms with van der Waals surface area (Å²) in [5.74, 6) is -0.708. The molecule has 0 fully saturated rings. The van der Waals surface area contributed by atoms with Gasteiger partial charge in [-0.1, -0.05) is 17.7 Å². The molecule has 1 atom stereocenters. The van der Waals surface area contributed by atoms with Crippen molar-refractivity contribution < 1.29 is 28.7 Å². The maximum Gasteiger partial charge on any atom is 0.331 e. The summed E-state index contributed by atoms with van der Waals surface area (Å²) in [7, 11) is 0. The molecule has 1 N–H and O–H groups in total. The number of fused-ring (bicyclic) bond motifs is 1. The van der Waals surface area contributed by atoms with Crippen molar-refractivity contribution >= 4 is 29.3 Å². The van der Waals surface area contributed by atoms with Crippen LogP contribution in [0.15, 0.2) is 42.5 Å². The zero-order valence-corrected chi connectivity index (χ0v) is 15.7. The summed E-state index contributed by atoms with van der Waals surface area (Å²) in [6.45, 7) is 3.32. The standard InChI is InChI=1S/C20H18N2O7/c1-12-3-6-15(7-4-12)21-20(24)13(2)29-19(23)8-5-14-9-17-18(28-11-27-17)10-16(14)22(25)26/h3-10,13H,11H2,1-2H3,(H,21,24)/b8-5+/t13-/m0/s1. The highest BCUT2D eigenvalue weighted by Gasteiger charge is 2.22. The highest BCUT2D eigenvalue weighted by atomic mass is 16.7. The average Bonchev–Trinajstić information content (AvgIpc) is 3.14. The van der Waals surface area contributed by atoms with E-state index in [9.17, 15) is 19.7 Å². The van der Waals surface area contributed by atoms with Crippen LogP contribution in [0.3, 0.4) is 0 Å². The second-order valence-electron chi connectivity index (χ2n) is 6.29. The molecule has 29 heavy (non-hydrogen) atoms. The Hall–Kier alpha value is -3.88. The van der Waals surface area contributed by atoms with E-state index in [1.54, 1.807) is 12.1 Å². The number of aryl methyl sites for hydroxylation is 1. The summed E-state index contributed by atoms with van der Waals surface area (Å²) >= 11 is 0. The van der Waals surface area contributed by atoms with Crippen molar-refractivity contribution in [3.63, 3.8) is 0 Å². The Morgan fingerprint density at radius 3 is 2.52 bits per heavy atom. The number of hydrogen-bond donors (Lipinski definition) is 1. The van der Waals surface area contributed by atoms with Crippen LogP contribution in [0.4, 0.5) is 11.4 Å². The van der Waals surface area contributed by atoms with Crippen molar-refractivity contribution in [2.75, 3.05) is 12.1 Å². The molecule has 1 aliphatic heterocycles. The number of rotatable bonds is 6. The fraction of sp³-hybridized carbons (Fsp3) is 0.200. The van der Waals surface area contributed by atoms with Gasteiger partial charge in [-0.3, -0.25) is 14.9 Å². The van der Waals surface area contributed by atoms with Crippen LogP contribution < -0.4 is 14.8 Å². The topological polar surface area (TPSA) is 117 Å². The van der Waals surface area contributed by atoms with Crippen molar-refractivity contribution in [2.45, 2.75) is 20.0 Å². The molecule has 2 aromatic carbocycles. The first-order valence-electron chi connectivity index (χ1n) is 8.68. The number of nitrogens with zero attached hydrogens (tertiary/aromatic N) is 1. The molecule has 2 aromatic rings. The van der Waals surface area contributed by atoms with Crippen molar-refractivity contribution in [3.05, 3.63) is 63.7 Å². The smallest absolute Gasteiger partial charge is 0.331 e. The SMILES string of the molecule is Cc1ccc(NC(=O)[C@H](C)OC(=O)/C=C/c2cc3c(cc2[N+](=O)[O-])OCO3)cc1. The third-order valence-corrected chi connectivity index (χ3v) is 4.10. The number of anilines is 1. The van der Waals surface area contributed by atoms with E-state index in [4.69, 9.17) is 14.2 Å². The third kappa shape index (κ3) is 4.89. The molecule has 0 unspecified atom stereocenters. The minimum Gasteiger partial charge on any atom is -0.454 e. The Morgan fingerprint density at radius 1 is 1.21 bits per heavy atom. The van der Waals surface area contributed by atoms with Gasteiger partial charge >= 0.3 is 5.97 Å². The van der Waals surface area contributed by atoms with Gasteiger partial charge in [0.15, 0.2) is 17.6 Å². The highest BCUT2D eigenvalue weighted by Crippen LogP contribution is 2.38. The summed E-state index contributed by atoms with van der Waals surface area (Å²) in [6.07, 6.45) is 1.19. The normalized spacial score (nSPS) is 13.2. The summed E-state index contributed by atoms with van der Waals surface area (Å²) in [5, 5.41) is 13.9. The number of carbonyl (C=O) groups excluding carboxylic acids is 2. The third-order valence-electron chi connectivity index (χ3n) is 4.10. The van der Waals surface area contributed by atoms with Crippen LogP contribution in [0.25, 0.3) is 6.08 Å². The predicted molar refractivity (Wildman–Crippen MR) is 104 cm³/mol. The first kappa shape index (κ1) is 19.9. The Labute approximate surface area is 166 Å². The minimum absolute atomic E-state index is 0.0324. The molecule has 1 amide bonds. The largest absolute Gasteiger partial charge is 0.454 e. The molecule has 0 aliphatic carbocycles. The summed E-state index contributed by atoms with van der Waals surface area (Å²) in [6, 6.07) is 9.78. The van der Waals surface area contributed by atoms with Crippen LogP contribution >= 0.6 is 0 Å². The fourth-order valence-corrected chi connectivity index (χ4v) is 2.54. The number of ether oxygens (including phenoxy) is 3. The number of hydrogen-bond acceptors (Lipinski definition) is 7. The lowest BCUT2D eigenvalue weighted by atomic mass is 10.1. The van der Waals surface area contributed by atoms with Crippen LogP contribution in [0.1, 0.15) is 18.1 Å². The van der Waals surface area contributed by atoms with E-state index >= 15 is 0 Å². The van der Waals surface area contributed by atoms with E-state index in [1.807, 2.05) is 19.1 Å².